The van der Waals surface area contributed by atoms with Gasteiger partial charge in [0.05, 0.1) is 5.02 Å². The van der Waals surface area contributed by atoms with Crippen molar-refractivity contribution >= 4 is 22.9 Å². The van der Waals surface area contributed by atoms with Crippen LogP contribution < -0.4 is 5.32 Å². The van der Waals surface area contributed by atoms with E-state index in [1.165, 1.54) is 15.3 Å². The third-order valence-electron chi connectivity index (χ3n) is 3.18. The zero-order valence-electron chi connectivity index (χ0n) is 11.3. The van der Waals surface area contributed by atoms with Crippen LogP contribution in [0.25, 0.3) is 0 Å². The average Bonchev–Trinajstić information content (AvgIpc) is 2.70. The van der Waals surface area contributed by atoms with Gasteiger partial charge in [-0.15, -0.1) is 11.3 Å². The van der Waals surface area contributed by atoms with Crippen molar-refractivity contribution in [3.8, 4) is 0 Å². The molecule has 2 aromatic rings. The molecule has 0 aliphatic carbocycles. The van der Waals surface area contributed by atoms with Gasteiger partial charge in [-0.05, 0) is 38.5 Å². The molecule has 0 aliphatic heterocycles. The Morgan fingerprint density at radius 2 is 2.11 bits per heavy atom. The lowest BCUT2D eigenvalue weighted by Gasteiger charge is -2.14. The summed E-state index contributed by atoms with van der Waals surface area (Å²) in [5.74, 6) is -0.331. The van der Waals surface area contributed by atoms with E-state index in [-0.39, 0.29) is 16.9 Å². The Balaban J connectivity index is 2.06. The fraction of sp³-hybridized carbons (Fsp3) is 0.333. The minimum absolute atomic E-state index is 0.175. The summed E-state index contributed by atoms with van der Waals surface area (Å²) in [6.45, 7) is 6.79. The molecule has 0 radical (unpaired) electrons. The minimum atomic E-state index is -0.331. The molecule has 0 spiro atoms. The van der Waals surface area contributed by atoms with Gasteiger partial charge in [-0.25, -0.2) is 4.39 Å². The van der Waals surface area contributed by atoms with Gasteiger partial charge in [0.15, 0.2) is 0 Å². The highest BCUT2D eigenvalue weighted by Crippen LogP contribution is 2.26. The highest BCUT2D eigenvalue weighted by molar-refractivity contribution is 7.12. The Morgan fingerprint density at radius 3 is 2.74 bits per heavy atom. The van der Waals surface area contributed by atoms with Crippen molar-refractivity contribution in [1.82, 2.24) is 5.32 Å². The molecule has 0 fully saturated rings. The van der Waals surface area contributed by atoms with E-state index < -0.39 is 0 Å². The van der Waals surface area contributed by atoms with E-state index >= 15 is 0 Å². The van der Waals surface area contributed by atoms with Crippen LogP contribution in [-0.2, 0) is 6.54 Å². The molecule has 1 aromatic heterocycles. The molecule has 0 saturated carbocycles. The van der Waals surface area contributed by atoms with E-state index in [9.17, 15) is 4.39 Å². The van der Waals surface area contributed by atoms with Gasteiger partial charge in [-0.1, -0.05) is 23.7 Å². The predicted molar refractivity (Wildman–Crippen MR) is 80.5 cm³/mol. The van der Waals surface area contributed by atoms with Crippen molar-refractivity contribution in [1.29, 1.82) is 0 Å². The van der Waals surface area contributed by atoms with Crippen LogP contribution in [0.4, 0.5) is 4.39 Å². The molecule has 1 unspecified atom stereocenters. The van der Waals surface area contributed by atoms with Gasteiger partial charge in [0, 0.05) is 27.9 Å². The maximum absolute atomic E-state index is 13.8. The highest BCUT2D eigenvalue weighted by Gasteiger charge is 2.12. The first-order valence-electron chi connectivity index (χ1n) is 6.22. The summed E-state index contributed by atoms with van der Waals surface area (Å²) in [4.78, 5) is 2.61. The summed E-state index contributed by atoms with van der Waals surface area (Å²) in [7, 11) is 0. The van der Waals surface area contributed by atoms with Crippen molar-refractivity contribution in [2.75, 3.05) is 0 Å². The van der Waals surface area contributed by atoms with Gasteiger partial charge < -0.3 is 5.32 Å². The number of hydrogen-bond acceptors (Lipinski definition) is 2. The summed E-state index contributed by atoms with van der Waals surface area (Å²) >= 11 is 7.56. The van der Waals surface area contributed by atoms with E-state index in [2.05, 4.69) is 32.2 Å². The number of nitrogens with one attached hydrogen (secondary N) is 1. The first kappa shape index (κ1) is 14.5. The summed E-state index contributed by atoms with van der Waals surface area (Å²) < 4.78 is 13.8. The number of rotatable bonds is 4. The topological polar surface area (TPSA) is 12.0 Å². The third-order valence-corrected chi connectivity index (χ3v) is 4.45. The summed E-state index contributed by atoms with van der Waals surface area (Å²) in [6.07, 6.45) is 0. The second-order valence-corrected chi connectivity index (χ2v) is 6.55. The molecule has 1 N–H and O–H groups in total. The Kier molecular flexibility index (Phi) is 4.61. The van der Waals surface area contributed by atoms with Gasteiger partial charge >= 0.3 is 0 Å². The monoisotopic (exact) mass is 297 g/mol. The highest BCUT2D eigenvalue weighted by atomic mass is 35.5. The van der Waals surface area contributed by atoms with Crippen LogP contribution in [0.3, 0.4) is 0 Å². The molecular weight excluding hydrogens is 281 g/mol. The third kappa shape index (κ3) is 3.35. The fourth-order valence-electron chi connectivity index (χ4n) is 2.14. The Hall–Kier alpha value is -0.900. The van der Waals surface area contributed by atoms with Gasteiger partial charge in [0.25, 0.3) is 0 Å². The number of hydrogen-bond donors (Lipinski definition) is 1. The first-order valence-corrected chi connectivity index (χ1v) is 7.41. The minimum Gasteiger partial charge on any atom is -0.306 e. The lowest BCUT2D eigenvalue weighted by Crippen LogP contribution is -2.19. The summed E-state index contributed by atoms with van der Waals surface area (Å²) in [6, 6.07) is 7.48. The van der Waals surface area contributed by atoms with Gasteiger partial charge in [-0.3, -0.25) is 0 Å². The van der Waals surface area contributed by atoms with E-state index in [0.717, 1.165) is 0 Å². The summed E-state index contributed by atoms with van der Waals surface area (Å²) in [5.41, 5.74) is 1.88. The molecule has 0 amide bonds. The Morgan fingerprint density at radius 1 is 1.37 bits per heavy atom. The van der Waals surface area contributed by atoms with Crippen LogP contribution in [0.5, 0.6) is 0 Å². The smallest absolute Gasteiger partial charge is 0.146 e. The lowest BCUT2D eigenvalue weighted by molar-refractivity contribution is 0.544. The molecular formula is C15H17ClFNS. The van der Waals surface area contributed by atoms with E-state index in [0.29, 0.717) is 12.1 Å². The first-order chi connectivity index (χ1) is 8.99. The van der Waals surface area contributed by atoms with E-state index in [1.807, 2.05) is 0 Å². The molecule has 1 aromatic carbocycles. The van der Waals surface area contributed by atoms with Gasteiger partial charge in [-0.2, -0.15) is 0 Å². The van der Waals surface area contributed by atoms with Crippen LogP contribution in [0.2, 0.25) is 5.02 Å². The molecule has 19 heavy (non-hydrogen) atoms. The number of aryl methyl sites for hydroxylation is 2. The quantitative estimate of drug-likeness (QED) is 0.836. The van der Waals surface area contributed by atoms with Crippen molar-refractivity contribution in [3.05, 3.63) is 56.0 Å². The van der Waals surface area contributed by atoms with Crippen molar-refractivity contribution in [2.45, 2.75) is 33.4 Å². The maximum atomic E-state index is 13.8. The second kappa shape index (κ2) is 6.04. The van der Waals surface area contributed by atoms with Crippen LogP contribution in [0, 0.1) is 19.7 Å². The lowest BCUT2D eigenvalue weighted by atomic mass is 10.1. The Labute approximate surface area is 122 Å². The van der Waals surface area contributed by atoms with Gasteiger partial charge in [0.1, 0.15) is 5.82 Å². The molecule has 4 heteroatoms. The van der Waals surface area contributed by atoms with Gasteiger partial charge in [0.2, 0.25) is 0 Å². The number of halogens is 2. The van der Waals surface area contributed by atoms with Crippen LogP contribution in [-0.4, -0.2) is 0 Å². The molecule has 1 atom stereocenters. The van der Waals surface area contributed by atoms with Crippen molar-refractivity contribution < 1.29 is 4.39 Å². The van der Waals surface area contributed by atoms with Crippen LogP contribution in [0.15, 0.2) is 24.3 Å². The average molecular weight is 298 g/mol. The summed E-state index contributed by atoms with van der Waals surface area (Å²) in [5, 5.41) is 3.52. The molecule has 0 aliphatic rings. The van der Waals surface area contributed by atoms with Crippen molar-refractivity contribution in [3.63, 3.8) is 0 Å². The molecule has 0 saturated heterocycles. The van der Waals surface area contributed by atoms with Crippen LogP contribution in [0.1, 0.15) is 33.8 Å². The maximum Gasteiger partial charge on any atom is 0.146 e. The number of thiophene rings is 1. The largest absolute Gasteiger partial charge is 0.306 e. The SMILES string of the molecule is Cc1cc(C(C)NCc2cccc(Cl)c2F)c(C)s1. The Bertz CT molecular complexity index is 580. The van der Waals surface area contributed by atoms with E-state index in [1.54, 1.807) is 29.5 Å². The predicted octanol–water partition coefficient (Wildman–Crippen LogP) is 5.01. The van der Waals surface area contributed by atoms with Crippen LogP contribution >= 0.6 is 22.9 Å². The van der Waals surface area contributed by atoms with E-state index in [4.69, 9.17) is 11.6 Å². The second-order valence-electron chi connectivity index (χ2n) is 4.68. The van der Waals surface area contributed by atoms with Crippen molar-refractivity contribution in [2.24, 2.45) is 0 Å². The molecule has 1 nitrogen and oxygen atoms in total. The standard InChI is InChI=1S/C15H17ClFNS/c1-9-7-13(11(3)19-9)10(2)18-8-12-5-4-6-14(16)15(12)17/h4-7,10,18H,8H2,1-3H3. The molecule has 1 heterocycles. The molecule has 2 rings (SSSR count). The molecule has 0 bridgehead atoms. The normalized spacial score (nSPS) is 12.7. The molecule has 102 valence electrons. The zero-order valence-corrected chi connectivity index (χ0v) is 12.8. The zero-order chi connectivity index (χ0) is 14.0. The fourth-order valence-corrected chi connectivity index (χ4v) is 3.35. The number of benzene rings is 1.